The van der Waals surface area contributed by atoms with Gasteiger partial charge in [-0.2, -0.15) is 0 Å². The van der Waals surface area contributed by atoms with Crippen LogP contribution in [0.2, 0.25) is 0 Å². The zero-order valence-corrected chi connectivity index (χ0v) is 12.1. The van der Waals surface area contributed by atoms with Gasteiger partial charge in [-0.15, -0.1) is 0 Å². The summed E-state index contributed by atoms with van der Waals surface area (Å²) < 4.78 is 0. The Bertz CT molecular complexity index is 335. The van der Waals surface area contributed by atoms with E-state index in [0.29, 0.717) is 6.04 Å². The van der Waals surface area contributed by atoms with Gasteiger partial charge < -0.3 is 10.0 Å². The Morgan fingerprint density at radius 3 is 2.44 bits per heavy atom. The number of unbranched alkanes of at least 4 members (excludes halogenated alkanes) is 1. The maximum atomic E-state index is 9.47. The van der Waals surface area contributed by atoms with Gasteiger partial charge in [0.25, 0.3) is 0 Å². The highest BCUT2D eigenvalue weighted by atomic mass is 16.3. The van der Waals surface area contributed by atoms with E-state index in [4.69, 9.17) is 0 Å². The average Bonchev–Trinajstić information content (AvgIpc) is 2.39. The van der Waals surface area contributed by atoms with Crippen LogP contribution >= 0.6 is 0 Å². The molecule has 0 radical (unpaired) electrons. The Morgan fingerprint density at radius 1 is 1.28 bits per heavy atom. The molecule has 1 unspecified atom stereocenters. The molecular weight excluding hydrogens is 224 g/mol. The number of hydrogen-bond donors (Lipinski definition) is 1. The van der Waals surface area contributed by atoms with E-state index in [9.17, 15) is 5.11 Å². The molecule has 3 nitrogen and oxygen atoms in total. The van der Waals surface area contributed by atoms with Crippen LogP contribution in [0, 0.1) is 0 Å². The second-order valence-corrected chi connectivity index (χ2v) is 4.92. The van der Waals surface area contributed by atoms with Crippen molar-refractivity contribution in [3.8, 4) is 0 Å². The summed E-state index contributed by atoms with van der Waals surface area (Å²) in [5, 5.41) is 9.47. The van der Waals surface area contributed by atoms with Crippen molar-refractivity contribution in [2.45, 2.75) is 59.1 Å². The molecular formula is C15H26N2O. The number of hydrogen-bond acceptors (Lipinski definition) is 3. The predicted octanol–water partition coefficient (Wildman–Crippen LogP) is 3.54. The average molecular weight is 250 g/mol. The van der Waals surface area contributed by atoms with Crippen LogP contribution in [0.4, 0.5) is 5.69 Å². The van der Waals surface area contributed by atoms with E-state index in [0.717, 1.165) is 24.3 Å². The lowest BCUT2D eigenvalue weighted by Crippen LogP contribution is -2.33. The molecule has 0 saturated carbocycles. The van der Waals surface area contributed by atoms with Gasteiger partial charge in [0.15, 0.2) is 0 Å². The molecule has 0 amide bonds. The third-order valence-corrected chi connectivity index (χ3v) is 3.41. The topological polar surface area (TPSA) is 36.4 Å². The first-order chi connectivity index (χ1) is 8.60. The van der Waals surface area contributed by atoms with Gasteiger partial charge in [-0.25, -0.2) is 0 Å². The van der Waals surface area contributed by atoms with E-state index in [1.54, 1.807) is 6.92 Å². The summed E-state index contributed by atoms with van der Waals surface area (Å²) in [5.74, 6) is 0. The zero-order valence-electron chi connectivity index (χ0n) is 12.1. The minimum absolute atomic E-state index is 0.494. The lowest BCUT2D eigenvalue weighted by molar-refractivity contribution is 0.194. The second kappa shape index (κ2) is 7.37. The van der Waals surface area contributed by atoms with Crippen LogP contribution < -0.4 is 4.90 Å². The molecule has 0 aliphatic heterocycles. The van der Waals surface area contributed by atoms with E-state index in [-0.39, 0.29) is 0 Å². The largest absolute Gasteiger partial charge is 0.387 e. The van der Waals surface area contributed by atoms with Gasteiger partial charge >= 0.3 is 0 Å². The molecule has 0 aromatic carbocycles. The summed E-state index contributed by atoms with van der Waals surface area (Å²) in [6.45, 7) is 9.48. The Balaban J connectivity index is 2.83. The lowest BCUT2D eigenvalue weighted by Gasteiger charge is -2.30. The number of aliphatic hydroxyl groups excluding tert-OH is 1. The molecule has 0 fully saturated rings. The van der Waals surface area contributed by atoms with Gasteiger partial charge in [0.2, 0.25) is 0 Å². The van der Waals surface area contributed by atoms with Crippen LogP contribution in [-0.4, -0.2) is 22.7 Å². The summed E-state index contributed by atoms with van der Waals surface area (Å²) in [4.78, 5) is 6.74. The van der Waals surface area contributed by atoms with Gasteiger partial charge in [-0.3, -0.25) is 4.98 Å². The highest BCUT2D eigenvalue weighted by Gasteiger charge is 2.13. The van der Waals surface area contributed by atoms with Gasteiger partial charge in [-0.05, 0) is 38.8 Å². The van der Waals surface area contributed by atoms with E-state index in [1.165, 1.54) is 12.8 Å². The number of rotatable bonds is 7. The van der Waals surface area contributed by atoms with Crippen molar-refractivity contribution in [2.75, 3.05) is 11.4 Å². The van der Waals surface area contributed by atoms with Crippen molar-refractivity contribution in [1.29, 1.82) is 0 Å². The number of aliphatic hydroxyl groups is 1. The maximum absolute atomic E-state index is 9.47. The molecule has 0 aliphatic carbocycles. The SMILES string of the molecule is CCCCN(c1ccc([C@H](C)O)nc1)C(C)CC. The van der Waals surface area contributed by atoms with Crippen molar-refractivity contribution in [2.24, 2.45) is 0 Å². The minimum Gasteiger partial charge on any atom is -0.387 e. The Kier molecular flexibility index (Phi) is 6.13. The smallest absolute Gasteiger partial charge is 0.0931 e. The van der Waals surface area contributed by atoms with Gasteiger partial charge in [0, 0.05) is 12.6 Å². The molecule has 1 N–H and O–H groups in total. The van der Waals surface area contributed by atoms with Gasteiger partial charge in [0.1, 0.15) is 0 Å². The predicted molar refractivity (Wildman–Crippen MR) is 76.9 cm³/mol. The van der Waals surface area contributed by atoms with Gasteiger partial charge in [-0.1, -0.05) is 20.3 Å². The summed E-state index contributed by atoms with van der Waals surface area (Å²) in [6, 6.07) is 4.51. The fourth-order valence-electron chi connectivity index (χ4n) is 1.97. The summed E-state index contributed by atoms with van der Waals surface area (Å²) >= 11 is 0. The third-order valence-electron chi connectivity index (χ3n) is 3.41. The van der Waals surface area contributed by atoms with Crippen molar-refractivity contribution < 1.29 is 5.11 Å². The Labute approximate surface area is 111 Å². The first-order valence-electron chi connectivity index (χ1n) is 7.00. The highest BCUT2D eigenvalue weighted by molar-refractivity contribution is 5.45. The molecule has 18 heavy (non-hydrogen) atoms. The number of nitrogens with zero attached hydrogens (tertiary/aromatic N) is 2. The molecule has 0 aliphatic rings. The quantitative estimate of drug-likeness (QED) is 0.804. The van der Waals surface area contributed by atoms with E-state index >= 15 is 0 Å². The van der Waals surface area contributed by atoms with E-state index in [1.807, 2.05) is 12.3 Å². The fraction of sp³-hybridized carbons (Fsp3) is 0.667. The molecule has 1 rings (SSSR count). The van der Waals surface area contributed by atoms with Crippen LogP contribution in [0.15, 0.2) is 18.3 Å². The number of anilines is 1. The zero-order chi connectivity index (χ0) is 13.5. The highest BCUT2D eigenvalue weighted by Crippen LogP contribution is 2.20. The van der Waals surface area contributed by atoms with Crippen LogP contribution in [0.1, 0.15) is 58.8 Å². The van der Waals surface area contributed by atoms with Crippen molar-refractivity contribution >= 4 is 5.69 Å². The monoisotopic (exact) mass is 250 g/mol. The van der Waals surface area contributed by atoms with Crippen molar-refractivity contribution in [3.05, 3.63) is 24.0 Å². The normalized spacial score (nSPS) is 14.3. The fourth-order valence-corrected chi connectivity index (χ4v) is 1.97. The molecule has 3 heteroatoms. The van der Waals surface area contributed by atoms with Crippen LogP contribution in [0.25, 0.3) is 0 Å². The van der Waals surface area contributed by atoms with Crippen LogP contribution in [0.5, 0.6) is 0 Å². The Morgan fingerprint density at radius 2 is 2.00 bits per heavy atom. The third kappa shape index (κ3) is 3.98. The molecule has 1 aromatic rings. The molecule has 1 aromatic heterocycles. The minimum atomic E-state index is -0.494. The summed E-state index contributed by atoms with van der Waals surface area (Å²) in [6.07, 6.45) is 4.91. The lowest BCUT2D eigenvalue weighted by atomic mass is 10.1. The first kappa shape index (κ1) is 15.0. The van der Waals surface area contributed by atoms with E-state index < -0.39 is 6.10 Å². The van der Waals surface area contributed by atoms with Crippen LogP contribution in [0.3, 0.4) is 0 Å². The van der Waals surface area contributed by atoms with Crippen molar-refractivity contribution in [1.82, 2.24) is 4.98 Å². The molecule has 102 valence electrons. The second-order valence-electron chi connectivity index (χ2n) is 4.92. The molecule has 1 heterocycles. The standard InChI is InChI=1S/C15H26N2O/c1-5-7-10-17(12(3)6-2)14-8-9-15(13(4)18)16-11-14/h8-9,11-13,18H,5-7,10H2,1-4H3/t12?,13-/m0/s1. The Hall–Kier alpha value is -1.09. The summed E-state index contributed by atoms with van der Waals surface area (Å²) in [5.41, 5.74) is 1.89. The maximum Gasteiger partial charge on any atom is 0.0931 e. The molecule has 2 atom stereocenters. The summed E-state index contributed by atoms with van der Waals surface area (Å²) in [7, 11) is 0. The van der Waals surface area contributed by atoms with Crippen molar-refractivity contribution in [3.63, 3.8) is 0 Å². The van der Waals surface area contributed by atoms with E-state index in [2.05, 4.69) is 36.7 Å². The molecule has 0 spiro atoms. The molecule has 0 bridgehead atoms. The van der Waals surface area contributed by atoms with Crippen LogP contribution in [-0.2, 0) is 0 Å². The van der Waals surface area contributed by atoms with Gasteiger partial charge in [0.05, 0.1) is 23.7 Å². The first-order valence-corrected chi connectivity index (χ1v) is 7.00. The number of pyridine rings is 1. The number of aromatic nitrogens is 1. The molecule has 0 saturated heterocycles.